The quantitative estimate of drug-likeness (QED) is 0.786. The maximum atomic E-state index is 12.3. The third-order valence-electron chi connectivity index (χ3n) is 3.06. The molecule has 0 fully saturated rings. The molecule has 1 aromatic carbocycles. The Kier molecular flexibility index (Phi) is 6.65. The van der Waals surface area contributed by atoms with Gasteiger partial charge in [-0.1, -0.05) is 55.9 Å². The van der Waals surface area contributed by atoms with Crippen molar-refractivity contribution in [1.29, 1.82) is 0 Å². The van der Waals surface area contributed by atoms with Gasteiger partial charge in [-0.3, -0.25) is 4.79 Å². The molecule has 20 heavy (non-hydrogen) atoms. The van der Waals surface area contributed by atoms with Crippen molar-refractivity contribution in [3.05, 3.63) is 35.4 Å². The fourth-order valence-electron chi connectivity index (χ4n) is 1.93. The summed E-state index contributed by atoms with van der Waals surface area (Å²) in [6.07, 6.45) is 1.13. The number of carbonyl (C=O) groups is 1. The summed E-state index contributed by atoms with van der Waals surface area (Å²) in [6, 6.07) is 8.25. The van der Waals surface area contributed by atoms with Crippen LogP contribution in [0.15, 0.2) is 24.3 Å². The van der Waals surface area contributed by atoms with Gasteiger partial charge in [0.25, 0.3) is 0 Å². The van der Waals surface area contributed by atoms with Crippen LogP contribution in [0.3, 0.4) is 0 Å². The number of aryl methyl sites for hydroxylation is 1. The highest BCUT2D eigenvalue weighted by Gasteiger charge is 2.15. The van der Waals surface area contributed by atoms with Gasteiger partial charge in [-0.15, -0.1) is 0 Å². The van der Waals surface area contributed by atoms with Gasteiger partial charge in [0.2, 0.25) is 5.91 Å². The third-order valence-corrected chi connectivity index (χ3v) is 3.26. The minimum Gasteiger partial charge on any atom is -0.393 e. The Balaban J connectivity index is 2.72. The summed E-state index contributed by atoms with van der Waals surface area (Å²) >= 11 is 4.91. The Morgan fingerprint density at radius 1 is 1.30 bits per heavy atom. The Morgan fingerprint density at radius 3 is 2.40 bits per heavy atom. The molecule has 0 aromatic heterocycles. The number of nitrogens with two attached hydrogens (primary N) is 1. The molecule has 0 radical (unpaired) electrons. The summed E-state index contributed by atoms with van der Waals surface area (Å²) < 4.78 is 0. The van der Waals surface area contributed by atoms with Crippen LogP contribution in [0.2, 0.25) is 0 Å². The highest BCUT2D eigenvalue weighted by atomic mass is 32.1. The lowest BCUT2D eigenvalue weighted by atomic mass is 10.1. The molecule has 1 aromatic rings. The molecule has 0 saturated carbocycles. The Hall–Kier alpha value is -1.42. The second kappa shape index (κ2) is 8.00. The van der Waals surface area contributed by atoms with Crippen LogP contribution in [-0.2, 0) is 11.3 Å². The topological polar surface area (TPSA) is 46.3 Å². The van der Waals surface area contributed by atoms with Gasteiger partial charge in [-0.25, -0.2) is 0 Å². The van der Waals surface area contributed by atoms with Crippen molar-refractivity contribution in [2.45, 2.75) is 40.2 Å². The van der Waals surface area contributed by atoms with Crippen molar-refractivity contribution < 1.29 is 4.79 Å². The van der Waals surface area contributed by atoms with Crippen LogP contribution >= 0.6 is 12.2 Å². The predicted octanol–water partition coefficient (Wildman–Crippen LogP) is 3.05. The first-order valence-corrected chi connectivity index (χ1v) is 7.41. The predicted molar refractivity (Wildman–Crippen MR) is 87.5 cm³/mol. The molecule has 0 aliphatic carbocycles. The molecule has 4 heteroatoms. The second-order valence-corrected chi connectivity index (χ2v) is 6.14. The average molecular weight is 292 g/mol. The second-order valence-electron chi connectivity index (χ2n) is 5.62. The van der Waals surface area contributed by atoms with E-state index < -0.39 is 0 Å². The van der Waals surface area contributed by atoms with Crippen LogP contribution in [0.25, 0.3) is 0 Å². The standard InChI is InChI=1S/C16H24N2OS/c1-12(2)10-16(19)18(9-8-15(17)20)11-14-6-4-13(3)5-7-14/h4-7,12H,8-11H2,1-3H3,(H2,17,20). The fraction of sp³-hybridized carbons (Fsp3) is 0.500. The van der Waals surface area contributed by atoms with E-state index in [1.165, 1.54) is 5.56 Å². The number of rotatable bonds is 7. The largest absolute Gasteiger partial charge is 0.393 e. The minimum absolute atomic E-state index is 0.164. The molecule has 1 amide bonds. The molecule has 0 atom stereocenters. The van der Waals surface area contributed by atoms with E-state index in [4.69, 9.17) is 18.0 Å². The van der Waals surface area contributed by atoms with Crippen LogP contribution in [-0.4, -0.2) is 22.3 Å². The fourth-order valence-corrected chi connectivity index (χ4v) is 2.02. The molecule has 2 N–H and O–H groups in total. The summed E-state index contributed by atoms with van der Waals surface area (Å²) in [7, 11) is 0. The molecule has 0 aliphatic heterocycles. The van der Waals surface area contributed by atoms with Crippen molar-refractivity contribution in [1.82, 2.24) is 4.90 Å². The maximum absolute atomic E-state index is 12.3. The van der Waals surface area contributed by atoms with Gasteiger partial charge in [0.05, 0.1) is 4.99 Å². The number of benzene rings is 1. The van der Waals surface area contributed by atoms with Gasteiger partial charge in [0.15, 0.2) is 0 Å². The monoisotopic (exact) mass is 292 g/mol. The molecule has 0 unspecified atom stereocenters. The van der Waals surface area contributed by atoms with E-state index in [1.807, 2.05) is 4.90 Å². The average Bonchev–Trinajstić information content (AvgIpc) is 2.35. The minimum atomic E-state index is 0.164. The Bertz CT molecular complexity index is 454. The molecule has 0 saturated heterocycles. The number of nitrogens with zero attached hydrogens (tertiary/aromatic N) is 1. The van der Waals surface area contributed by atoms with Crippen LogP contribution < -0.4 is 5.73 Å². The summed E-state index contributed by atoms with van der Waals surface area (Å²) in [6.45, 7) is 7.37. The Labute approximate surface area is 127 Å². The zero-order chi connectivity index (χ0) is 15.1. The Morgan fingerprint density at radius 2 is 1.90 bits per heavy atom. The molecular weight excluding hydrogens is 268 g/mol. The number of thiocarbonyl (C=S) groups is 1. The lowest BCUT2D eigenvalue weighted by molar-refractivity contribution is -0.132. The summed E-state index contributed by atoms with van der Waals surface area (Å²) in [5.41, 5.74) is 7.90. The van der Waals surface area contributed by atoms with Gasteiger partial charge >= 0.3 is 0 Å². The smallest absolute Gasteiger partial charge is 0.223 e. The maximum Gasteiger partial charge on any atom is 0.223 e. The zero-order valence-corrected chi connectivity index (χ0v) is 13.4. The van der Waals surface area contributed by atoms with Gasteiger partial charge in [-0.05, 0) is 18.4 Å². The van der Waals surface area contributed by atoms with E-state index in [0.29, 0.717) is 36.8 Å². The van der Waals surface area contributed by atoms with Crippen molar-refractivity contribution in [3.8, 4) is 0 Å². The van der Waals surface area contributed by atoms with Crippen LogP contribution in [0, 0.1) is 12.8 Å². The lowest BCUT2D eigenvalue weighted by Crippen LogP contribution is -2.34. The summed E-state index contributed by atoms with van der Waals surface area (Å²) in [5, 5.41) is 0. The van der Waals surface area contributed by atoms with Crippen LogP contribution in [0.1, 0.15) is 37.8 Å². The van der Waals surface area contributed by atoms with E-state index >= 15 is 0 Å². The molecule has 3 nitrogen and oxygen atoms in total. The van der Waals surface area contributed by atoms with E-state index in [0.717, 1.165) is 5.56 Å². The summed E-state index contributed by atoms with van der Waals surface area (Å²) in [4.78, 5) is 14.6. The van der Waals surface area contributed by atoms with E-state index in [1.54, 1.807) is 0 Å². The SMILES string of the molecule is Cc1ccc(CN(CCC(N)=S)C(=O)CC(C)C)cc1. The molecule has 0 heterocycles. The van der Waals surface area contributed by atoms with Crippen molar-refractivity contribution in [3.63, 3.8) is 0 Å². The van der Waals surface area contributed by atoms with Crippen LogP contribution in [0.5, 0.6) is 0 Å². The van der Waals surface area contributed by atoms with Crippen molar-refractivity contribution in [2.75, 3.05) is 6.54 Å². The number of carbonyl (C=O) groups excluding carboxylic acids is 1. The first-order valence-electron chi connectivity index (χ1n) is 7.00. The van der Waals surface area contributed by atoms with Crippen molar-refractivity contribution in [2.24, 2.45) is 11.7 Å². The van der Waals surface area contributed by atoms with E-state index in [2.05, 4.69) is 45.0 Å². The van der Waals surface area contributed by atoms with Gasteiger partial charge in [0, 0.05) is 25.9 Å². The number of hydrogen-bond donors (Lipinski definition) is 1. The molecule has 0 aliphatic rings. The molecular formula is C16H24N2OS. The zero-order valence-electron chi connectivity index (χ0n) is 12.6. The summed E-state index contributed by atoms with van der Waals surface area (Å²) in [5.74, 6) is 0.518. The van der Waals surface area contributed by atoms with Gasteiger partial charge in [0.1, 0.15) is 0 Å². The molecule has 0 spiro atoms. The number of hydrogen-bond acceptors (Lipinski definition) is 2. The molecule has 1 rings (SSSR count). The third kappa shape index (κ3) is 6.15. The normalized spacial score (nSPS) is 10.6. The van der Waals surface area contributed by atoms with E-state index in [-0.39, 0.29) is 5.91 Å². The highest BCUT2D eigenvalue weighted by molar-refractivity contribution is 7.80. The first kappa shape index (κ1) is 16.6. The highest BCUT2D eigenvalue weighted by Crippen LogP contribution is 2.11. The van der Waals surface area contributed by atoms with Crippen molar-refractivity contribution >= 4 is 23.1 Å². The van der Waals surface area contributed by atoms with Gasteiger partial charge < -0.3 is 10.6 Å². The molecule has 110 valence electrons. The van der Waals surface area contributed by atoms with E-state index in [9.17, 15) is 4.79 Å². The number of amides is 1. The first-order chi connectivity index (χ1) is 9.38. The van der Waals surface area contributed by atoms with Crippen LogP contribution in [0.4, 0.5) is 0 Å². The molecule has 0 bridgehead atoms. The lowest BCUT2D eigenvalue weighted by Gasteiger charge is -2.23. The van der Waals surface area contributed by atoms with Gasteiger partial charge in [-0.2, -0.15) is 0 Å².